The van der Waals surface area contributed by atoms with E-state index in [9.17, 15) is 13.6 Å². The lowest BCUT2D eigenvalue weighted by Gasteiger charge is -2.37. The molecule has 2 N–H and O–H groups in total. The van der Waals surface area contributed by atoms with Gasteiger partial charge in [-0.2, -0.15) is 0 Å². The van der Waals surface area contributed by atoms with Crippen molar-refractivity contribution in [2.75, 3.05) is 31.5 Å². The van der Waals surface area contributed by atoms with Crippen LogP contribution in [0.4, 0.5) is 14.5 Å². The standard InChI is InChI=1S/C13H17F2N3O/c1-2-18(10-6-16-7-10)8-13(19)17-12-4-3-9(14)5-11(12)15/h3-5,10,16H,2,6-8H2,1H3,(H,17,19). The molecule has 19 heavy (non-hydrogen) atoms. The highest BCUT2D eigenvalue weighted by Gasteiger charge is 2.25. The summed E-state index contributed by atoms with van der Waals surface area (Å²) in [4.78, 5) is 13.9. The first-order valence-corrected chi connectivity index (χ1v) is 6.30. The summed E-state index contributed by atoms with van der Waals surface area (Å²) in [7, 11) is 0. The number of anilines is 1. The molecular weight excluding hydrogens is 252 g/mol. The number of benzene rings is 1. The third-order valence-electron chi connectivity index (χ3n) is 3.23. The predicted molar refractivity (Wildman–Crippen MR) is 68.9 cm³/mol. The van der Waals surface area contributed by atoms with Gasteiger partial charge >= 0.3 is 0 Å². The van der Waals surface area contributed by atoms with E-state index in [0.717, 1.165) is 31.8 Å². The van der Waals surface area contributed by atoms with Crippen LogP contribution in [-0.4, -0.2) is 43.0 Å². The van der Waals surface area contributed by atoms with E-state index >= 15 is 0 Å². The van der Waals surface area contributed by atoms with Crippen LogP contribution in [0.1, 0.15) is 6.92 Å². The van der Waals surface area contributed by atoms with E-state index in [0.29, 0.717) is 6.04 Å². The monoisotopic (exact) mass is 269 g/mol. The van der Waals surface area contributed by atoms with Crippen molar-refractivity contribution in [2.24, 2.45) is 0 Å². The van der Waals surface area contributed by atoms with Crippen molar-refractivity contribution in [1.82, 2.24) is 10.2 Å². The average Bonchev–Trinajstić information content (AvgIpc) is 2.29. The second-order valence-corrected chi connectivity index (χ2v) is 4.55. The Morgan fingerprint density at radius 3 is 2.74 bits per heavy atom. The number of nitrogens with one attached hydrogen (secondary N) is 2. The fraction of sp³-hybridized carbons (Fsp3) is 0.462. The Hall–Kier alpha value is -1.53. The van der Waals surface area contributed by atoms with Gasteiger partial charge in [-0.25, -0.2) is 8.78 Å². The minimum Gasteiger partial charge on any atom is -0.322 e. The first-order chi connectivity index (χ1) is 9.10. The fourth-order valence-corrected chi connectivity index (χ4v) is 2.00. The average molecular weight is 269 g/mol. The van der Waals surface area contributed by atoms with Crippen molar-refractivity contribution in [1.29, 1.82) is 0 Å². The van der Waals surface area contributed by atoms with Gasteiger partial charge in [0.05, 0.1) is 12.2 Å². The lowest BCUT2D eigenvalue weighted by Crippen LogP contribution is -2.58. The summed E-state index contributed by atoms with van der Waals surface area (Å²) in [5.41, 5.74) is 0.00851. The smallest absolute Gasteiger partial charge is 0.238 e. The van der Waals surface area contributed by atoms with Gasteiger partial charge in [0, 0.05) is 25.2 Å². The molecule has 0 radical (unpaired) electrons. The zero-order valence-corrected chi connectivity index (χ0v) is 10.7. The minimum absolute atomic E-state index is 0.00851. The van der Waals surface area contributed by atoms with Crippen molar-refractivity contribution < 1.29 is 13.6 Å². The summed E-state index contributed by atoms with van der Waals surface area (Å²) in [6.45, 7) is 4.67. The fourth-order valence-electron chi connectivity index (χ4n) is 2.00. The van der Waals surface area contributed by atoms with Crippen LogP contribution in [0, 0.1) is 11.6 Å². The van der Waals surface area contributed by atoms with Gasteiger partial charge in [0.15, 0.2) is 0 Å². The molecule has 0 atom stereocenters. The van der Waals surface area contributed by atoms with E-state index in [2.05, 4.69) is 10.6 Å². The third kappa shape index (κ3) is 3.48. The van der Waals surface area contributed by atoms with Crippen LogP contribution in [0.3, 0.4) is 0 Å². The molecule has 1 aliphatic rings. The maximum Gasteiger partial charge on any atom is 0.238 e. The van der Waals surface area contributed by atoms with Gasteiger partial charge in [-0.3, -0.25) is 9.69 Å². The largest absolute Gasteiger partial charge is 0.322 e. The Kier molecular flexibility index (Phi) is 4.44. The van der Waals surface area contributed by atoms with Gasteiger partial charge in [-0.15, -0.1) is 0 Å². The van der Waals surface area contributed by atoms with E-state index in [-0.39, 0.29) is 18.1 Å². The van der Waals surface area contributed by atoms with Crippen molar-refractivity contribution in [3.63, 3.8) is 0 Å². The van der Waals surface area contributed by atoms with E-state index < -0.39 is 11.6 Å². The van der Waals surface area contributed by atoms with Gasteiger partial charge in [0.2, 0.25) is 5.91 Å². The molecule has 1 fully saturated rings. The molecule has 1 aromatic rings. The highest BCUT2D eigenvalue weighted by Crippen LogP contribution is 2.15. The van der Waals surface area contributed by atoms with Gasteiger partial charge in [-0.1, -0.05) is 6.92 Å². The number of carbonyl (C=O) groups excluding carboxylic acids is 1. The minimum atomic E-state index is -0.762. The first kappa shape index (κ1) is 13.9. The summed E-state index contributed by atoms with van der Waals surface area (Å²) in [5.74, 6) is -1.72. The number of likely N-dealkylation sites (N-methyl/N-ethyl adjacent to an activating group) is 1. The van der Waals surface area contributed by atoms with Crippen molar-refractivity contribution >= 4 is 11.6 Å². The molecule has 6 heteroatoms. The van der Waals surface area contributed by atoms with E-state index in [4.69, 9.17) is 0 Å². The van der Waals surface area contributed by atoms with Crippen LogP contribution >= 0.6 is 0 Å². The summed E-state index contributed by atoms with van der Waals surface area (Å²) in [5, 5.41) is 5.60. The lowest BCUT2D eigenvalue weighted by molar-refractivity contribution is -0.118. The van der Waals surface area contributed by atoms with Crippen LogP contribution in [-0.2, 0) is 4.79 Å². The van der Waals surface area contributed by atoms with E-state index in [1.807, 2.05) is 11.8 Å². The molecule has 1 aromatic carbocycles. The van der Waals surface area contributed by atoms with E-state index in [1.54, 1.807) is 0 Å². The van der Waals surface area contributed by atoms with Gasteiger partial charge < -0.3 is 10.6 Å². The van der Waals surface area contributed by atoms with Gasteiger partial charge in [-0.05, 0) is 18.7 Å². The second kappa shape index (κ2) is 6.08. The number of hydrogen-bond donors (Lipinski definition) is 2. The Balaban J connectivity index is 1.92. The lowest BCUT2D eigenvalue weighted by atomic mass is 10.1. The molecule has 1 saturated heterocycles. The van der Waals surface area contributed by atoms with Crippen LogP contribution < -0.4 is 10.6 Å². The Bertz CT molecular complexity index is 463. The van der Waals surface area contributed by atoms with Crippen LogP contribution in [0.15, 0.2) is 18.2 Å². The number of amides is 1. The maximum atomic E-state index is 13.4. The molecule has 0 aromatic heterocycles. The quantitative estimate of drug-likeness (QED) is 0.844. The number of nitrogens with zero attached hydrogens (tertiary/aromatic N) is 1. The molecule has 1 amide bonds. The summed E-state index contributed by atoms with van der Waals surface area (Å²) >= 11 is 0. The first-order valence-electron chi connectivity index (χ1n) is 6.30. The number of hydrogen-bond acceptors (Lipinski definition) is 3. The Morgan fingerprint density at radius 1 is 1.47 bits per heavy atom. The summed E-state index contributed by atoms with van der Waals surface area (Å²) < 4.78 is 26.1. The summed E-state index contributed by atoms with van der Waals surface area (Å²) in [6, 6.07) is 3.45. The molecule has 1 heterocycles. The molecule has 1 aliphatic heterocycles. The molecule has 0 unspecified atom stereocenters. The molecule has 4 nitrogen and oxygen atoms in total. The Morgan fingerprint density at radius 2 is 2.21 bits per heavy atom. The van der Waals surface area contributed by atoms with Gasteiger partial charge in [0.25, 0.3) is 0 Å². The van der Waals surface area contributed by atoms with Crippen molar-refractivity contribution in [3.8, 4) is 0 Å². The van der Waals surface area contributed by atoms with Crippen LogP contribution in [0.2, 0.25) is 0 Å². The number of rotatable bonds is 5. The highest BCUT2D eigenvalue weighted by atomic mass is 19.1. The van der Waals surface area contributed by atoms with Gasteiger partial charge in [0.1, 0.15) is 11.6 Å². The molecule has 0 spiro atoms. The maximum absolute atomic E-state index is 13.4. The van der Waals surface area contributed by atoms with E-state index in [1.165, 1.54) is 6.07 Å². The topological polar surface area (TPSA) is 44.4 Å². The molecule has 0 saturated carbocycles. The zero-order chi connectivity index (χ0) is 13.8. The zero-order valence-electron chi connectivity index (χ0n) is 10.7. The SMILES string of the molecule is CCN(CC(=O)Nc1ccc(F)cc1F)C1CNC1. The molecule has 0 bridgehead atoms. The normalized spacial score (nSPS) is 15.4. The second-order valence-electron chi connectivity index (χ2n) is 4.55. The molecular formula is C13H17F2N3O. The summed E-state index contributed by atoms with van der Waals surface area (Å²) in [6.07, 6.45) is 0. The van der Waals surface area contributed by atoms with Crippen LogP contribution in [0.25, 0.3) is 0 Å². The molecule has 0 aliphatic carbocycles. The van der Waals surface area contributed by atoms with Crippen molar-refractivity contribution in [3.05, 3.63) is 29.8 Å². The predicted octanol–water partition coefficient (Wildman–Crippen LogP) is 1.20. The number of halogens is 2. The van der Waals surface area contributed by atoms with Crippen molar-refractivity contribution in [2.45, 2.75) is 13.0 Å². The number of carbonyl (C=O) groups is 1. The molecule has 104 valence electrons. The third-order valence-corrected chi connectivity index (χ3v) is 3.23. The highest BCUT2D eigenvalue weighted by molar-refractivity contribution is 5.92. The van der Waals surface area contributed by atoms with Crippen LogP contribution in [0.5, 0.6) is 0 Å². The molecule has 2 rings (SSSR count). The Labute approximate surface area is 110 Å².